The average molecular weight is 420 g/mol. The first kappa shape index (κ1) is 19.3. The van der Waals surface area contributed by atoms with E-state index < -0.39 is 17.2 Å². The van der Waals surface area contributed by atoms with Crippen LogP contribution in [0.1, 0.15) is 10.5 Å². The molecule has 150 valence electrons. The maximum Gasteiger partial charge on any atom is 0.326 e. The van der Waals surface area contributed by atoms with Crippen LogP contribution in [0.5, 0.6) is 5.75 Å². The molecule has 0 spiro atoms. The molecule has 2 aromatic carbocycles. The van der Waals surface area contributed by atoms with Crippen LogP contribution in [0.3, 0.4) is 0 Å². The zero-order valence-corrected chi connectivity index (χ0v) is 16.6. The van der Waals surface area contributed by atoms with Crippen LogP contribution >= 0.6 is 11.3 Å². The number of amides is 1. The minimum Gasteiger partial charge on any atom is -0.497 e. The van der Waals surface area contributed by atoms with E-state index >= 15 is 0 Å². The molecule has 2 aromatic heterocycles. The SMILES string of the molecule is COc1ccc(-n2c(-c3ccccc3)csc2=NC(=O)c2cc(=O)[nH]c(=O)[nH]2)cc1. The molecule has 0 aliphatic rings. The highest BCUT2D eigenvalue weighted by Gasteiger charge is 2.13. The lowest BCUT2D eigenvalue weighted by Crippen LogP contribution is -2.25. The molecule has 0 atom stereocenters. The van der Waals surface area contributed by atoms with Gasteiger partial charge in [0.15, 0.2) is 4.80 Å². The van der Waals surface area contributed by atoms with E-state index in [2.05, 4.69) is 9.98 Å². The van der Waals surface area contributed by atoms with E-state index in [0.717, 1.165) is 23.0 Å². The fourth-order valence-corrected chi connectivity index (χ4v) is 3.81. The molecule has 1 amide bonds. The first-order chi connectivity index (χ1) is 14.5. The Kier molecular flexibility index (Phi) is 5.27. The molecule has 30 heavy (non-hydrogen) atoms. The van der Waals surface area contributed by atoms with Crippen molar-refractivity contribution in [3.8, 4) is 22.7 Å². The summed E-state index contributed by atoms with van der Waals surface area (Å²) in [6.07, 6.45) is 0. The van der Waals surface area contributed by atoms with E-state index in [9.17, 15) is 14.4 Å². The van der Waals surface area contributed by atoms with Crippen LogP contribution < -0.4 is 20.8 Å². The molecule has 2 N–H and O–H groups in total. The van der Waals surface area contributed by atoms with Gasteiger partial charge in [-0.05, 0) is 29.8 Å². The Hall–Kier alpha value is -3.98. The largest absolute Gasteiger partial charge is 0.497 e. The zero-order valence-electron chi connectivity index (χ0n) is 15.8. The molecule has 0 aliphatic carbocycles. The second-order valence-electron chi connectivity index (χ2n) is 6.22. The molecule has 4 aromatic rings. The molecular weight excluding hydrogens is 404 g/mol. The molecule has 9 heteroatoms. The van der Waals surface area contributed by atoms with Crippen molar-refractivity contribution in [1.82, 2.24) is 14.5 Å². The number of nitrogens with one attached hydrogen (secondary N) is 2. The monoisotopic (exact) mass is 420 g/mol. The Morgan fingerprint density at radius 3 is 2.43 bits per heavy atom. The van der Waals surface area contributed by atoms with E-state index in [-0.39, 0.29) is 5.69 Å². The summed E-state index contributed by atoms with van der Waals surface area (Å²) in [5.74, 6) is -0.0200. The highest BCUT2D eigenvalue weighted by molar-refractivity contribution is 7.07. The Balaban J connectivity index is 1.90. The maximum atomic E-state index is 12.6. The smallest absolute Gasteiger partial charge is 0.326 e. The second-order valence-corrected chi connectivity index (χ2v) is 7.06. The van der Waals surface area contributed by atoms with Gasteiger partial charge in [0.1, 0.15) is 11.4 Å². The van der Waals surface area contributed by atoms with Gasteiger partial charge in [0.25, 0.3) is 11.5 Å². The number of carbonyl (C=O) groups is 1. The number of carbonyl (C=O) groups excluding carboxylic acids is 1. The Morgan fingerprint density at radius 2 is 1.77 bits per heavy atom. The van der Waals surface area contributed by atoms with Crippen LogP contribution in [0.2, 0.25) is 0 Å². The number of benzene rings is 2. The summed E-state index contributed by atoms with van der Waals surface area (Å²) in [7, 11) is 1.59. The topological polar surface area (TPSA) is 109 Å². The van der Waals surface area contributed by atoms with Gasteiger partial charge in [0, 0.05) is 17.1 Å². The number of ether oxygens (including phenoxy) is 1. The van der Waals surface area contributed by atoms with Crippen molar-refractivity contribution in [2.75, 3.05) is 7.11 Å². The predicted octanol–water partition coefficient (Wildman–Crippen LogP) is 2.33. The Morgan fingerprint density at radius 1 is 1.03 bits per heavy atom. The molecule has 2 heterocycles. The standard InChI is InChI=1S/C21H16N4O4S/c1-29-15-9-7-14(8-10-15)25-17(13-5-3-2-4-6-13)12-30-21(25)24-19(27)16-11-18(26)23-20(28)22-16/h2-12H,1H3,(H2,22,23,26,28). The highest BCUT2D eigenvalue weighted by atomic mass is 32.1. The van der Waals surface area contributed by atoms with Crippen molar-refractivity contribution < 1.29 is 9.53 Å². The van der Waals surface area contributed by atoms with Gasteiger partial charge in [0.05, 0.1) is 12.8 Å². The molecule has 8 nitrogen and oxygen atoms in total. The van der Waals surface area contributed by atoms with Gasteiger partial charge in [-0.15, -0.1) is 11.3 Å². The minimum absolute atomic E-state index is 0.181. The van der Waals surface area contributed by atoms with Gasteiger partial charge in [-0.2, -0.15) is 4.99 Å². The highest BCUT2D eigenvalue weighted by Crippen LogP contribution is 2.24. The van der Waals surface area contributed by atoms with E-state index in [1.807, 2.05) is 69.5 Å². The number of aromatic amines is 2. The van der Waals surface area contributed by atoms with Crippen LogP contribution in [-0.4, -0.2) is 27.6 Å². The maximum absolute atomic E-state index is 12.6. The van der Waals surface area contributed by atoms with Gasteiger partial charge < -0.3 is 9.72 Å². The van der Waals surface area contributed by atoms with Crippen LogP contribution in [0.15, 0.2) is 80.6 Å². The van der Waals surface area contributed by atoms with Gasteiger partial charge in [-0.3, -0.25) is 19.1 Å². The molecule has 0 unspecified atom stereocenters. The van der Waals surface area contributed by atoms with E-state index in [1.54, 1.807) is 7.11 Å². The summed E-state index contributed by atoms with van der Waals surface area (Å²) in [5, 5.41) is 1.90. The molecular formula is C21H16N4O4S. The summed E-state index contributed by atoms with van der Waals surface area (Å²) < 4.78 is 7.06. The zero-order chi connectivity index (χ0) is 21.1. The average Bonchev–Trinajstić information content (AvgIpc) is 3.17. The van der Waals surface area contributed by atoms with Crippen LogP contribution in [0, 0.1) is 0 Å². The molecule has 0 saturated heterocycles. The van der Waals surface area contributed by atoms with E-state index in [1.165, 1.54) is 11.3 Å². The van der Waals surface area contributed by atoms with E-state index in [4.69, 9.17) is 4.74 Å². The predicted molar refractivity (Wildman–Crippen MR) is 113 cm³/mol. The summed E-state index contributed by atoms with van der Waals surface area (Å²) in [6.45, 7) is 0. The summed E-state index contributed by atoms with van der Waals surface area (Å²) in [6, 6.07) is 18.0. The van der Waals surface area contributed by atoms with Gasteiger partial charge in [0.2, 0.25) is 0 Å². The van der Waals surface area contributed by atoms with Crippen LogP contribution in [-0.2, 0) is 0 Å². The van der Waals surface area contributed by atoms with Gasteiger partial charge >= 0.3 is 5.69 Å². The fraction of sp³-hybridized carbons (Fsp3) is 0.0476. The van der Waals surface area contributed by atoms with Gasteiger partial charge in [-0.25, -0.2) is 4.79 Å². The van der Waals surface area contributed by atoms with Crippen molar-refractivity contribution in [3.05, 3.63) is 97.4 Å². The van der Waals surface area contributed by atoms with Crippen LogP contribution in [0.4, 0.5) is 0 Å². The summed E-state index contributed by atoms with van der Waals surface area (Å²) in [5.41, 5.74) is 0.956. The third-order valence-corrected chi connectivity index (χ3v) is 5.12. The number of methoxy groups -OCH3 is 1. The lowest BCUT2D eigenvalue weighted by atomic mass is 10.1. The first-order valence-electron chi connectivity index (χ1n) is 8.88. The van der Waals surface area contributed by atoms with Crippen molar-refractivity contribution in [1.29, 1.82) is 0 Å². The number of nitrogens with zero attached hydrogens (tertiary/aromatic N) is 2. The number of hydrogen-bond donors (Lipinski definition) is 2. The third kappa shape index (κ3) is 3.91. The molecule has 4 rings (SSSR count). The van der Waals surface area contributed by atoms with E-state index in [0.29, 0.717) is 10.6 Å². The Bertz CT molecular complexity index is 1350. The molecule has 0 saturated carbocycles. The third-order valence-electron chi connectivity index (χ3n) is 4.30. The molecule has 0 radical (unpaired) electrons. The Labute approximate surface area is 173 Å². The number of rotatable bonds is 4. The lowest BCUT2D eigenvalue weighted by Gasteiger charge is -2.10. The molecule has 0 bridgehead atoms. The summed E-state index contributed by atoms with van der Waals surface area (Å²) >= 11 is 1.27. The lowest BCUT2D eigenvalue weighted by molar-refractivity contribution is 0.0992. The number of H-pyrrole nitrogens is 2. The second kappa shape index (κ2) is 8.18. The van der Waals surface area contributed by atoms with Crippen molar-refractivity contribution in [2.24, 2.45) is 4.99 Å². The first-order valence-corrected chi connectivity index (χ1v) is 9.76. The fourth-order valence-electron chi connectivity index (χ4n) is 2.91. The van der Waals surface area contributed by atoms with Crippen LogP contribution in [0.25, 0.3) is 16.9 Å². The quantitative estimate of drug-likeness (QED) is 0.528. The number of aromatic nitrogens is 3. The summed E-state index contributed by atoms with van der Waals surface area (Å²) in [4.78, 5) is 44.5. The van der Waals surface area contributed by atoms with Crippen molar-refractivity contribution in [2.45, 2.75) is 0 Å². The van der Waals surface area contributed by atoms with Gasteiger partial charge in [-0.1, -0.05) is 30.3 Å². The number of hydrogen-bond acceptors (Lipinski definition) is 5. The normalized spacial score (nSPS) is 11.4. The molecule has 0 aliphatic heterocycles. The minimum atomic E-state index is -0.764. The van der Waals surface area contributed by atoms with Crippen molar-refractivity contribution in [3.63, 3.8) is 0 Å². The molecule has 0 fully saturated rings. The number of thiazole rings is 1. The van der Waals surface area contributed by atoms with Crippen molar-refractivity contribution >= 4 is 17.2 Å².